The third-order valence-electron chi connectivity index (χ3n) is 2.56. The van der Waals surface area contributed by atoms with Crippen LogP contribution in [-0.4, -0.2) is 39.3 Å². The highest BCUT2D eigenvalue weighted by Crippen LogP contribution is 2.11. The van der Waals surface area contributed by atoms with E-state index in [0.717, 1.165) is 30.1 Å². The second-order valence-electron chi connectivity index (χ2n) is 4.40. The summed E-state index contributed by atoms with van der Waals surface area (Å²) < 4.78 is 11.5. The molecule has 0 bridgehead atoms. The fraction of sp³-hybridized carbons (Fsp3) is 1.00. The monoisotopic (exact) mass is 260 g/mol. The van der Waals surface area contributed by atoms with Crippen LogP contribution in [0, 0.1) is 0 Å². The molecule has 0 aliphatic rings. The maximum Gasteiger partial charge on any atom is 0.504 e. The molecule has 0 saturated heterocycles. The summed E-state index contributed by atoms with van der Waals surface area (Å²) in [7, 11) is 5.85. The molecule has 1 unspecified atom stereocenters. The lowest BCUT2D eigenvalue weighted by Gasteiger charge is -2.07. The Kier molecular flexibility index (Phi) is 14.9. The quantitative estimate of drug-likeness (QED) is 0.300. The van der Waals surface area contributed by atoms with Crippen LogP contribution in [0.25, 0.3) is 0 Å². The van der Waals surface area contributed by atoms with Crippen molar-refractivity contribution < 1.29 is 9.47 Å². The SMILES string of the molecule is CCCCCCOCOCCC[CH](C)[Mg][Cl]. The van der Waals surface area contributed by atoms with Gasteiger partial charge >= 0.3 is 19.3 Å². The van der Waals surface area contributed by atoms with Crippen LogP contribution in [-0.2, 0) is 9.47 Å². The molecule has 0 amide bonds. The molecule has 0 N–H and O–H groups in total. The summed E-state index contributed by atoms with van der Waals surface area (Å²) in [5.74, 6) is 0. The van der Waals surface area contributed by atoms with Crippen LogP contribution in [0.5, 0.6) is 0 Å². The number of hydrogen-bond donors (Lipinski definition) is 0. The van der Waals surface area contributed by atoms with Crippen molar-refractivity contribution in [2.24, 2.45) is 0 Å². The van der Waals surface area contributed by atoms with Crippen molar-refractivity contribution in [3.8, 4) is 0 Å². The van der Waals surface area contributed by atoms with E-state index in [-0.39, 0.29) is 19.3 Å². The zero-order chi connectivity index (χ0) is 12.1. The van der Waals surface area contributed by atoms with E-state index in [1.807, 2.05) is 0 Å². The third-order valence-corrected chi connectivity index (χ3v) is 5.07. The van der Waals surface area contributed by atoms with Gasteiger partial charge in [-0.25, -0.2) is 0 Å². The van der Waals surface area contributed by atoms with E-state index in [2.05, 4.69) is 13.8 Å². The van der Waals surface area contributed by atoms with E-state index in [0.29, 0.717) is 6.79 Å². The number of hydrogen-bond acceptors (Lipinski definition) is 2. The number of ether oxygens (including phenoxy) is 2. The second kappa shape index (κ2) is 14.0. The molecule has 16 heavy (non-hydrogen) atoms. The summed E-state index contributed by atoms with van der Waals surface area (Å²) in [6.07, 6.45) is 7.33. The molecule has 0 fully saturated rings. The summed E-state index contributed by atoms with van der Waals surface area (Å²) in [6, 6.07) is 0. The van der Waals surface area contributed by atoms with E-state index in [1.54, 1.807) is 0 Å². The van der Waals surface area contributed by atoms with Gasteiger partial charge in [0.15, 0.2) is 0 Å². The van der Waals surface area contributed by atoms with Crippen molar-refractivity contribution in [2.45, 2.75) is 56.4 Å². The minimum atomic E-state index is -0.332. The Bertz CT molecular complexity index is 136. The van der Waals surface area contributed by atoms with Crippen molar-refractivity contribution in [3.05, 3.63) is 0 Å². The van der Waals surface area contributed by atoms with Gasteiger partial charge in [0.05, 0.1) is 0 Å². The van der Waals surface area contributed by atoms with Gasteiger partial charge in [-0.1, -0.05) is 39.5 Å². The predicted molar refractivity (Wildman–Crippen MR) is 71.2 cm³/mol. The molecule has 2 nitrogen and oxygen atoms in total. The normalized spacial score (nSPS) is 12.4. The molecule has 1 atom stereocenters. The first-order chi connectivity index (χ1) is 7.81. The Hall–Kier alpha value is 0.976. The van der Waals surface area contributed by atoms with Crippen LogP contribution in [0.4, 0.5) is 0 Å². The number of unbranched alkanes of at least 4 members (excludes halogenated alkanes) is 3. The average molecular weight is 261 g/mol. The van der Waals surface area contributed by atoms with Crippen LogP contribution in [0.2, 0.25) is 4.05 Å². The highest BCUT2D eigenvalue weighted by Gasteiger charge is 2.03. The van der Waals surface area contributed by atoms with Gasteiger partial charge in [-0.3, -0.25) is 0 Å². The largest absolute Gasteiger partial charge is 0.504 e. The van der Waals surface area contributed by atoms with Gasteiger partial charge in [0.2, 0.25) is 0 Å². The summed E-state index contributed by atoms with van der Waals surface area (Å²) in [4.78, 5) is 0. The highest BCUT2D eigenvalue weighted by atomic mass is 35.5. The van der Waals surface area contributed by atoms with Gasteiger partial charge in [0.1, 0.15) is 6.79 Å². The molecule has 0 rings (SSSR count). The first kappa shape index (κ1) is 17.0. The van der Waals surface area contributed by atoms with Crippen LogP contribution in [0.3, 0.4) is 0 Å². The molecule has 0 spiro atoms. The fourth-order valence-corrected chi connectivity index (χ4v) is 2.32. The summed E-state index contributed by atoms with van der Waals surface area (Å²) >= 11 is -0.332. The molecule has 0 aromatic carbocycles. The van der Waals surface area contributed by atoms with E-state index < -0.39 is 0 Å². The fourth-order valence-electron chi connectivity index (χ4n) is 1.42. The van der Waals surface area contributed by atoms with Gasteiger partial charge < -0.3 is 18.5 Å². The van der Waals surface area contributed by atoms with Gasteiger partial charge in [0, 0.05) is 13.2 Å². The topological polar surface area (TPSA) is 18.5 Å². The first-order valence-corrected chi connectivity index (χ1v) is 9.48. The van der Waals surface area contributed by atoms with E-state index in [9.17, 15) is 0 Å². The standard InChI is InChI=1S/C12H25O2.ClH.Mg/c1-3-5-7-9-11-14-12-13-10-8-6-4-2;;/h4H,3,5-12H2,1-2H3;1H;/q;;+1/p-1. The lowest BCUT2D eigenvalue weighted by Crippen LogP contribution is -2.04. The van der Waals surface area contributed by atoms with E-state index in [4.69, 9.17) is 18.5 Å². The Morgan fingerprint density at radius 2 is 1.75 bits per heavy atom. The minimum Gasteiger partial charge on any atom is -0.355 e. The van der Waals surface area contributed by atoms with Crippen molar-refractivity contribution in [2.75, 3.05) is 20.0 Å². The minimum absolute atomic E-state index is 0.332. The maximum absolute atomic E-state index is 5.85. The molecule has 0 aliphatic carbocycles. The second-order valence-corrected chi connectivity index (χ2v) is 7.02. The average Bonchev–Trinajstić information content (AvgIpc) is 2.31. The maximum atomic E-state index is 5.85. The predicted octanol–water partition coefficient (Wildman–Crippen LogP) is 4.00. The molecule has 0 aromatic heterocycles. The van der Waals surface area contributed by atoms with Crippen LogP contribution in [0.1, 0.15) is 52.4 Å². The number of rotatable bonds is 12. The summed E-state index contributed by atoms with van der Waals surface area (Å²) in [5.41, 5.74) is 0. The lowest BCUT2D eigenvalue weighted by atomic mass is 10.2. The molecule has 0 heterocycles. The molecule has 0 radical (unpaired) electrons. The van der Waals surface area contributed by atoms with Gasteiger partial charge in [0.25, 0.3) is 0 Å². The number of halogens is 1. The molecular weight excluding hydrogens is 236 g/mol. The van der Waals surface area contributed by atoms with Crippen molar-refractivity contribution in [3.63, 3.8) is 0 Å². The Morgan fingerprint density at radius 3 is 2.38 bits per heavy atom. The van der Waals surface area contributed by atoms with Gasteiger partial charge in [-0.05, 0) is 12.8 Å². The molecule has 0 saturated carbocycles. The van der Waals surface area contributed by atoms with Crippen molar-refractivity contribution in [1.29, 1.82) is 0 Å². The zero-order valence-electron chi connectivity index (χ0n) is 10.8. The molecule has 0 aliphatic heterocycles. The summed E-state index contributed by atoms with van der Waals surface area (Å²) in [6.45, 7) is 6.55. The van der Waals surface area contributed by atoms with Gasteiger partial charge in [-0.2, -0.15) is 0 Å². The van der Waals surface area contributed by atoms with Gasteiger partial charge in [-0.15, -0.1) is 4.05 Å². The first-order valence-electron chi connectivity index (χ1n) is 6.52. The Balaban J connectivity index is 2.93. The third kappa shape index (κ3) is 13.0. The summed E-state index contributed by atoms with van der Waals surface area (Å²) in [5, 5.41) is 0. The molecule has 4 heteroatoms. The van der Waals surface area contributed by atoms with Crippen molar-refractivity contribution >= 4 is 28.3 Å². The smallest absolute Gasteiger partial charge is 0.355 e. The van der Waals surface area contributed by atoms with Crippen LogP contribution in [0.15, 0.2) is 0 Å². The van der Waals surface area contributed by atoms with E-state index >= 15 is 0 Å². The van der Waals surface area contributed by atoms with Crippen LogP contribution >= 0.6 is 9.07 Å². The Labute approximate surface area is 114 Å². The molecular formula is C12H25ClMgO2. The lowest BCUT2D eigenvalue weighted by molar-refractivity contribution is -0.0555. The van der Waals surface area contributed by atoms with E-state index in [1.165, 1.54) is 25.7 Å². The van der Waals surface area contributed by atoms with Crippen molar-refractivity contribution in [1.82, 2.24) is 0 Å². The molecule has 0 aromatic rings. The zero-order valence-corrected chi connectivity index (χ0v) is 13.0. The molecule has 94 valence electrons. The highest BCUT2D eigenvalue weighted by molar-refractivity contribution is 6.94. The Morgan fingerprint density at radius 1 is 1.06 bits per heavy atom. The van der Waals surface area contributed by atoms with Crippen LogP contribution < -0.4 is 0 Å².